The van der Waals surface area contributed by atoms with Crippen LogP contribution in [0.1, 0.15) is 23.5 Å². The fraction of sp³-hybridized carbons (Fsp3) is 0.250. The van der Waals surface area contributed by atoms with E-state index in [9.17, 15) is 4.79 Å². The summed E-state index contributed by atoms with van der Waals surface area (Å²) in [6, 6.07) is 9.55. The van der Waals surface area contributed by atoms with Crippen LogP contribution < -0.4 is 5.32 Å². The van der Waals surface area contributed by atoms with E-state index in [-0.39, 0.29) is 6.61 Å². The molecule has 0 saturated heterocycles. The lowest BCUT2D eigenvalue weighted by Crippen LogP contribution is -2.24. The predicted molar refractivity (Wildman–Crippen MR) is 79.4 cm³/mol. The molecule has 0 saturated carbocycles. The highest BCUT2D eigenvalue weighted by molar-refractivity contribution is 5.67. The highest BCUT2D eigenvalue weighted by Crippen LogP contribution is 2.00. The van der Waals surface area contributed by atoms with Gasteiger partial charge in [0.25, 0.3) is 0 Å². The SMILES string of the molecule is Cc1ncc(C#CCCNC(=O)OCc2ccccc2)[nH]1. The Morgan fingerprint density at radius 2 is 2.19 bits per heavy atom. The first-order valence-corrected chi connectivity index (χ1v) is 6.69. The number of hydrogen-bond acceptors (Lipinski definition) is 3. The first-order valence-electron chi connectivity index (χ1n) is 6.69. The first-order chi connectivity index (χ1) is 10.2. The third-order valence-corrected chi connectivity index (χ3v) is 2.66. The molecule has 0 unspecified atom stereocenters. The Labute approximate surface area is 123 Å². The average molecular weight is 283 g/mol. The maximum atomic E-state index is 11.5. The molecular weight excluding hydrogens is 266 g/mol. The average Bonchev–Trinajstić information content (AvgIpc) is 2.91. The Morgan fingerprint density at radius 1 is 1.38 bits per heavy atom. The van der Waals surface area contributed by atoms with Crippen LogP contribution in [0.4, 0.5) is 4.79 Å². The summed E-state index contributed by atoms with van der Waals surface area (Å²) in [7, 11) is 0. The summed E-state index contributed by atoms with van der Waals surface area (Å²) in [6.45, 7) is 2.59. The van der Waals surface area contributed by atoms with E-state index < -0.39 is 6.09 Å². The lowest BCUT2D eigenvalue weighted by atomic mass is 10.2. The molecule has 0 spiro atoms. The van der Waals surface area contributed by atoms with Crippen LogP contribution in [0.25, 0.3) is 0 Å². The van der Waals surface area contributed by atoms with Gasteiger partial charge in [-0.15, -0.1) is 0 Å². The Kier molecular flexibility index (Phi) is 5.41. The number of H-pyrrole nitrogens is 1. The van der Waals surface area contributed by atoms with Gasteiger partial charge in [-0.05, 0) is 18.4 Å². The van der Waals surface area contributed by atoms with Crippen LogP contribution in [0.15, 0.2) is 36.5 Å². The minimum atomic E-state index is -0.432. The number of rotatable bonds is 4. The Bertz CT molecular complexity index is 638. The number of aromatic amines is 1. The maximum absolute atomic E-state index is 11.5. The lowest BCUT2D eigenvalue weighted by molar-refractivity contribution is 0.140. The van der Waals surface area contributed by atoms with Crippen molar-refractivity contribution in [3.05, 3.63) is 53.6 Å². The van der Waals surface area contributed by atoms with Crippen LogP contribution in [0.2, 0.25) is 0 Å². The topological polar surface area (TPSA) is 67.0 Å². The molecule has 2 aromatic rings. The summed E-state index contributed by atoms with van der Waals surface area (Å²) in [5, 5.41) is 2.65. The van der Waals surface area contributed by atoms with E-state index in [1.807, 2.05) is 37.3 Å². The Morgan fingerprint density at radius 3 is 2.90 bits per heavy atom. The van der Waals surface area contributed by atoms with Gasteiger partial charge < -0.3 is 15.0 Å². The molecule has 21 heavy (non-hydrogen) atoms. The van der Waals surface area contributed by atoms with Crippen LogP contribution in [0.3, 0.4) is 0 Å². The summed E-state index contributed by atoms with van der Waals surface area (Å²) >= 11 is 0. The van der Waals surface area contributed by atoms with Crippen molar-refractivity contribution in [2.75, 3.05) is 6.54 Å². The van der Waals surface area contributed by atoms with E-state index in [4.69, 9.17) is 4.74 Å². The smallest absolute Gasteiger partial charge is 0.407 e. The van der Waals surface area contributed by atoms with Gasteiger partial charge in [-0.1, -0.05) is 36.3 Å². The molecule has 1 amide bonds. The minimum Gasteiger partial charge on any atom is -0.445 e. The molecular formula is C16H17N3O2. The number of amides is 1. The van der Waals surface area contributed by atoms with Gasteiger partial charge >= 0.3 is 6.09 Å². The van der Waals surface area contributed by atoms with Crippen LogP contribution in [-0.4, -0.2) is 22.6 Å². The minimum absolute atomic E-state index is 0.270. The number of nitrogens with zero attached hydrogens (tertiary/aromatic N) is 1. The van der Waals surface area contributed by atoms with Gasteiger partial charge in [0.1, 0.15) is 18.1 Å². The van der Waals surface area contributed by atoms with E-state index in [0.717, 1.165) is 17.1 Å². The van der Waals surface area contributed by atoms with E-state index in [1.165, 1.54) is 0 Å². The molecule has 0 bridgehead atoms. The molecule has 0 fully saturated rings. The molecule has 0 radical (unpaired) electrons. The van der Waals surface area contributed by atoms with E-state index in [1.54, 1.807) is 6.20 Å². The van der Waals surface area contributed by atoms with Crippen LogP contribution in [0, 0.1) is 18.8 Å². The molecule has 2 rings (SSSR count). The highest BCUT2D eigenvalue weighted by atomic mass is 16.5. The zero-order valence-electron chi connectivity index (χ0n) is 11.8. The van der Waals surface area contributed by atoms with Crippen molar-refractivity contribution in [1.82, 2.24) is 15.3 Å². The number of ether oxygens (including phenoxy) is 1. The summed E-state index contributed by atoms with van der Waals surface area (Å²) in [6.07, 6.45) is 1.81. The van der Waals surface area contributed by atoms with Crippen molar-refractivity contribution in [2.45, 2.75) is 20.0 Å². The molecule has 2 N–H and O–H groups in total. The molecule has 0 aliphatic rings. The summed E-state index contributed by atoms with van der Waals surface area (Å²) in [5.74, 6) is 6.72. The summed E-state index contributed by atoms with van der Waals surface area (Å²) in [4.78, 5) is 18.5. The van der Waals surface area contributed by atoms with E-state index in [2.05, 4.69) is 27.1 Å². The van der Waals surface area contributed by atoms with Crippen molar-refractivity contribution in [3.63, 3.8) is 0 Å². The maximum Gasteiger partial charge on any atom is 0.407 e. The van der Waals surface area contributed by atoms with Crippen molar-refractivity contribution in [1.29, 1.82) is 0 Å². The van der Waals surface area contributed by atoms with Crippen molar-refractivity contribution < 1.29 is 9.53 Å². The Hall–Kier alpha value is -2.74. The van der Waals surface area contributed by atoms with Gasteiger partial charge in [-0.3, -0.25) is 0 Å². The molecule has 5 heteroatoms. The van der Waals surface area contributed by atoms with Crippen molar-refractivity contribution in [2.24, 2.45) is 0 Å². The van der Waals surface area contributed by atoms with Gasteiger partial charge in [-0.25, -0.2) is 9.78 Å². The number of aryl methyl sites for hydroxylation is 1. The second kappa shape index (κ2) is 7.75. The summed E-state index contributed by atoms with van der Waals surface area (Å²) in [5.41, 5.74) is 1.74. The third-order valence-electron chi connectivity index (χ3n) is 2.66. The number of benzene rings is 1. The van der Waals surface area contributed by atoms with Crippen molar-refractivity contribution >= 4 is 6.09 Å². The third kappa shape index (κ3) is 5.41. The van der Waals surface area contributed by atoms with Crippen LogP contribution >= 0.6 is 0 Å². The largest absolute Gasteiger partial charge is 0.445 e. The predicted octanol–water partition coefficient (Wildman–Crippen LogP) is 2.39. The standard InChI is InChI=1S/C16H17N3O2/c1-13-18-11-15(19-13)9-5-6-10-17-16(20)21-12-14-7-3-2-4-8-14/h2-4,7-8,11H,6,10,12H2,1H3,(H,17,20)(H,18,19). The van der Waals surface area contributed by atoms with E-state index >= 15 is 0 Å². The molecule has 0 atom stereocenters. The van der Waals surface area contributed by atoms with Gasteiger partial charge in [0, 0.05) is 13.0 Å². The monoisotopic (exact) mass is 283 g/mol. The number of aromatic nitrogens is 2. The number of carbonyl (C=O) groups excluding carboxylic acids is 1. The fourth-order valence-electron chi connectivity index (χ4n) is 1.64. The normalized spacial score (nSPS) is 9.57. The molecule has 1 aromatic heterocycles. The second-order valence-electron chi connectivity index (χ2n) is 4.42. The number of alkyl carbamates (subject to hydrolysis) is 1. The molecule has 1 aromatic carbocycles. The highest BCUT2D eigenvalue weighted by Gasteiger charge is 2.00. The fourth-order valence-corrected chi connectivity index (χ4v) is 1.64. The van der Waals surface area contributed by atoms with Gasteiger partial charge in [-0.2, -0.15) is 0 Å². The number of hydrogen-bond donors (Lipinski definition) is 2. The quantitative estimate of drug-likeness (QED) is 0.669. The Balaban J connectivity index is 1.62. The second-order valence-corrected chi connectivity index (χ2v) is 4.42. The number of imidazole rings is 1. The van der Waals surface area contributed by atoms with E-state index in [0.29, 0.717) is 13.0 Å². The summed E-state index contributed by atoms with van der Waals surface area (Å²) < 4.78 is 5.08. The van der Waals surface area contributed by atoms with Crippen LogP contribution in [-0.2, 0) is 11.3 Å². The molecule has 5 nitrogen and oxygen atoms in total. The van der Waals surface area contributed by atoms with Gasteiger partial charge in [0.15, 0.2) is 0 Å². The van der Waals surface area contributed by atoms with Gasteiger partial charge in [0.2, 0.25) is 0 Å². The molecule has 0 aliphatic carbocycles. The lowest BCUT2D eigenvalue weighted by Gasteiger charge is -2.05. The number of nitrogens with one attached hydrogen (secondary N) is 2. The van der Waals surface area contributed by atoms with Gasteiger partial charge in [0.05, 0.1) is 6.20 Å². The molecule has 1 heterocycles. The first kappa shape index (κ1) is 14.7. The zero-order chi connectivity index (χ0) is 14.9. The van der Waals surface area contributed by atoms with Crippen molar-refractivity contribution in [3.8, 4) is 11.8 Å². The molecule has 108 valence electrons. The number of carbonyl (C=O) groups is 1. The van der Waals surface area contributed by atoms with Crippen LogP contribution in [0.5, 0.6) is 0 Å². The molecule has 0 aliphatic heterocycles. The zero-order valence-corrected chi connectivity index (χ0v) is 11.8.